The fourth-order valence-corrected chi connectivity index (χ4v) is 4.20. The first-order valence-electron chi connectivity index (χ1n) is 12.2. The predicted octanol–water partition coefficient (Wildman–Crippen LogP) is 7.57. The maximum atomic E-state index is 14.5. The van der Waals surface area contributed by atoms with Crippen LogP contribution < -0.4 is 0 Å². The van der Waals surface area contributed by atoms with Crippen LogP contribution in [0.2, 0.25) is 0 Å². The first-order valence-corrected chi connectivity index (χ1v) is 12.2. The maximum absolute atomic E-state index is 14.5. The molecule has 0 bridgehead atoms. The molecule has 0 aromatic carbocycles. The highest BCUT2D eigenvalue weighted by atomic mass is 16.3. The van der Waals surface area contributed by atoms with Crippen LogP contribution in [0, 0.1) is 16.7 Å². The van der Waals surface area contributed by atoms with Gasteiger partial charge in [0.05, 0.1) is 5.41 Å². The molecule has 34 heavy (non-hydrogen) atoms. The highest BCUT2D eigenvalue weighted by Crippen LogP contribution is 2.52. The zero-order valence-corrected chi connectivity index (χ0v) is 22.9. The van der Waals surface area contributed by atoms with Gasteiger partial charge in [-0.05, 0) is 81.1 Å². The molecule has 188 valence electrons. The second-order valence-electron chi connectivity index (χ2n) is 11.0. The van der Waals surface area contributed by atoms with E-state index in [4.69, 9.17) is 0 Å². The molecule has 0 amide bonds. The van der Waals surface area contributed by atoms with E-state index in [9.17, 15) is 19.5 Å². The van der Waals surface area contributed by atoms with Gasteiger partial charge >= 0.3 is 0 Å². The zero-order valence-electron chi connectivity index (χ0n) is 22.9. The van der Waals surface area contributed by atoms with E-state index < -0.39 is 28.3 Å². The highest BCUT2D eigenvalue weighted by Gasteiger charge is 2.61. The molecule has 0 aromatic rings. The molecule has 0 saturated heterocycles. The molecule has 0 unspecified atom stereocenters. The van der Waals surface area contributed by atoms with Crippen LogP contribution in [-0.2, 0) is 14.4 Å². The first kappa shape index (κ1) is 29.5. The Morgan fingerprint density at radius 1 is 0.706 bits per heavy atom. The molecule has 0 spiro atoms. The number of allylic oxidation sites excluding steroid dienone is 10. The minimum atomic E-state index is -1.44. The lowest BCUT2D eigenvalue weighted by Gasteiger charge is -2.45. The van der Waals surface area contributed by atoms with Crippen molar-refractivity contribution in [1.82, 2.24) is 0 Å². The number of hydrogen-bond acceptors (Lipinski definition) is 4. The third-order valence-corrected chi connectivity index (χ3v) is 6.43. The Kier molecular flexibility index (Phi) is 10.2. The Morgan fingerprint density at radius 2 is 1.03 bits per heavy atom. The zero-order chi connectivity index (χ0) is 26.4. The third kappa shape index (κ3) is 6.34. The van der Waals surface area contributed by atoms with Crippen LogP contribution in [0.3, 0.4) is 0 Å². The van der Waals surface area contributed by atoms with Gasteiger partial charge in [-0.1, -0.05) is 60.4 Å². The standard InChI is InChI=1S/C30H44O4/c1-19(2)11-15-29(16-12-20(3)4)26(32)24(25(31)23(9)10)27(33)30(28(29)34,17-13-21(5)6)18-14-22(7)8/h11-14,23,32H,15-18H2,1-10H3. The topological polar surface area (TPSA) is 71.4 Å². The average Bonchev–Trinajstić information content (AvgIpc) is 2.72. The van der Waals surface area contributed by atoms with Gasteiger partial charge in [0, 0.05) is 5.92 Å². The number of rotatable bonds is 10. The quantitative estimate of drug-likeness (QED) is 0.204. The predicted molar refractivity (Wildman–Crippen MR) is 141 cm³/mol. The number of carbonyl (C=O) groups is 3. The van der Waals surface area contributed by atoms with Gasteiger partial charge in [-0.15, -0.1) is 0 Å². The Bertz CT molecular complexity index is 923. The largest absolute Gasteiger partial charge is 0.510 e. The van der Waals surface area contributed by atoms with Gasteiger partial charge in [-0.2, -0.15) is 0 Å². The number of hydrogen-bond donors (Lipinski definition) is 1. The SMILES string of the molecule is CC(C)=CCC1(CC=C(C)C)C(=O)C(C(=O)C(C)C)=C(O)C(CC=C(C)C)(CC=C(C)C)C1=O. The van der Waals surface area contributed by atoms with Gasteiger partial charge in [0.2, 0.25) is 0 Å². The van der Waals surface area contributed by atoms with Crippen LogP contribution in [0.25, 0.3) is 0 Å². The minimum Gasteiger partial charge on any atom is -0.510 e. The fraction of sp³-hybridized carbons (Fsp3) is 0.567. The average molecular weight is 469 g/mol. The van der Waals surface area contributed by atoms with Crippen LogP contribution in [0.5, 0.6) is 0 Å². The molecule has 1 N–H and O–H groups in total. The summed E-state index contributed by atoms with van der Waals surface area (Å²) in [6.07, 6.45) is 8.52. The van der Waals surface area contributed by atoms with E-state index >= 15 is 0 Å². The van der Waals surface area contributed by atoms with Crippen LogP contribution in [0.4, 0.5) is 0 Å². The molecule has 0 atom stereocenters. The second-order valence-corrected chi connectivity index (χ2v) is 11.0. The molecular weight excluding hydrogens is 424 g/mol. The van der Waals surface area contributed by atoms with Crippen LogP contribution in [-0.4, -0.2) is 22.5 Å². The van der Waals surface area contributed by atoms with Crippen molar-refractivity contribution in [1.29, 1.82) is 0 Å². The van der Waals surface area contributed by atoms with Gasteiger partial charge in [0.1, 0.15) is 16.7 Å². The van der Waals surface area contributed by atoms with Crippen LogP contribution in [0.15, 0.2) is 57.9 Å². The molecule has 0 aliphatic heterocycles. The van der Waals surface area contributed by atoms with Gasteiger partial charge in [0.15, 0.2) is 17.3 Å². The van der Waals surface area contributed by atoms with Crippen molar-refractivity contribution in [2.75, 3.05) is 0 Å². The van der Waals surface area contributed by atoms with Gasteiger partial charge in [-0.25, -0.2) is 0 Å². The summed E-state index contributed by atoms with van der Waals surface area (Å²) in [6.45, 7) is 18.9. The smallest absolute Gasteiger partial charge is 0.184 e. The molecule has 1 aliphatic carbocycles. The lowest BCUT2D eigenvalue weighted by molar-refractivity contribution is -0.148. The summed E-state index contributed by atoms with van der Waals surface area (Å²) in [4.78, 5) is 41.9. The van der Waals surface area contributed by atoms with Crippen molar-refractivity contribution >= 4 is 17.3 Å². The highest BCUT2D eigenvalue weighted by molar-refractivity contribution is 6.31. The summed E-state index contributed by atoms with van der Waals surface area (Å²) in [5, 5.41) is 11.6. The number of carbonyl (C=O) groups excluding carboxylic acids is 3. The van der Waals surface area contributed by atoms with Gasteiger partial charge in [-0.3, -0.25) is 14.4 Å². The first-order chi connectivity index (χ1) is 15.6. The van der Waals surface area contributed by atoms with E-state index in [0.717, 1.165) is 22.3 Å². The summed E-state index contributed by atoms with van der Waals surface area (Å²) in [5.74, 6) is -2.10. The van der Waals surface area contributed by atoms with E-state index in [2.05, 4.69) is 0 Å². The molecule has 0 radical (unpaired) electrons. The normalized spacial score (nSPS) is 16.8. The Hall–Kier alpha value is -2.49. The van der Waals surface area contributed by atoms with Crippen molar-refractivity contribution in [3.8, 4) is 0 Å². The molecule has 1 aliphatic rings. The van der Waals surface area contributed by atoms with E-state index in [1.165, 1.54) is 0 Å². The van der Waals surface area contributed by atoms with Crippen molar-refractivity contribution in [3.63, 3.8) is 0 Å². The summed E-state index contributed by atoms with van der Waals surface area (Å²) in [6, 6.07) is 0. The Morgan fingerprint density at radius 3 is 1.32 bits per heavy atom. The molecular formula is C30H44O4. The van der Waals surface area contributed by atoms with Crippen molar-refractivity contribution in [3.05, 3.63) is 57.9 Å². The monoisotopic (exact) mass is 468 g/mol. The Labute approximate surface area is 206 Å². The van der Waals surface area contributed by atoms with Crippen molar-refractivity contribution < 1.29 is 19.5 Å². The van der Waals surface area contributed by atoms with Crippen LogP contribution >= 0.6 is 0 Å². The molecule has 0 aromatic heterocycles. The van der Waals surface area contributed by atoms with E-state index in [0.29, 0.717) is 0 Å². The number of Topliss-reactive ketones (excluding diaryl/α,β-unsaturated/α-hetero) is 3. The second kappa shape index (κ2) is 11.8. The van der Waals surface area contributed by atoms with Gasteiger partial charge in [0.25, 0.3) is 0 Å². The lowest BCUT2D eigenvalue weighted by atomic mass is 9.55. The number of aliphatic hydroxyl groups excluding tert-OH is 1. The minimum absolute atomic E-state index is 0.191. The lowest BCUT2D eigenvalue weighted by Crippen LogP contribution is -2.55. The number of aliphatic hydroxyl groups is 1. The molecule has 0 fully saturated rings. The van der Waals surface area contributed by atoms with Gasteiger partial charge < -0.3 is 5.11 Å². The molecule has 1 rings (SSSR count). The number of ketones is 3. The fourth-order valence-electron chi connectivity index (χ4n) is 4.20. The van der Waals surface area contributed by atoms with E-state index in [1.54, 1.807) is 13.8 Å². The van der Waals surface area contributed by atoms with Crippen molar-refractivity contribution in [2.45, 2.75) is 94.9 Å². The Balaban J connectivity index is 4.17. The summed E-state index contributed by atoms with van der Waals surface area (Å²) in [5.41, 5.74) is 0.996. The third-order valence-electron chi connectivity index (χ3n) is 6.43. The summed E-state index contributed by atoms with van der Waals surface area (Å²) in [7, 11) is 0. The molecule has 4 heteroatoms. The summed E-state index contributed by atoms with van der Waals surface area (Å²) >= 11 is 0. The molecule has 4 nitrogen and oxygen atoms in total. The molecule has 0 heterocycles. The van der Waals surface area contributed by atoms with E-state index in [1.807, 2.05) is 79.7 Å². The summed E-state index contributed by atoms with van der Waals surface area (Å²) < 4.78 is 0. The maximum Gasteiger partial charge on any atom is 0.184 e. The van der Waals surface area contributed by atoms with Crippen LogP contribution in [0.1, 0.15) is 94.9 Å². The van der Waals surface area contributed by atoms with Crippen molar-refractivity contribution in [2.24, 2.45) is 16.7 Å². The van der Waals surface area contributed by atoms with E-state index in [-0.39, 0.29) is 42.8 Å². The molecule has 0 saturated carbocycles.